The minimum absolute atomic E-state index is 0.0362. The van der Waals surface area contributed by atoms with Crippen molar-refractivity contribution in [1.29, 1.82) is 5.26 Å². The van der Waals surface area contributed by atoms with E-state index in [0.717, 1.165) is 17.5 Å². The highest BCUT2D eigenvalue weighted by Gasteiger charge is 2.59. The summed E-state index contributed by atoms with van der Waals surface area (Å²) in [7, 11) is 0. The van der Waals surface area contributed by atoms with Crippen molar-refractivity contribution >= 4 is 23.4 Å². The zero-order valence-electron chi connectivity index (χ0n) is 18.9. The van der Waals surface area contributed by atoms with E-state index in [4.69, 9.17) is 10.4 Å². The number of hydrogen-bond donors (Lipinski definition) is 1. The zero-order valence-corrected chi connectivity index (χ0v) is 18.9. The smallest absolute Gasteiger partial charge is 0.346 e. The van der Waals surface area contributed by atoms with Gasteiger partial charge in [0.05, 0.1) is 5.54 Å². The van der Waals surface area contributed by atoms with Crippen molar-refractivity contribution in [2.75, 3.05) is 4.90 Å². The molecule has 5 rings (SSSR count). The second-order valence-electron chi connectivity index (χ2n) is 9.46. The Hall–Kier alpha value is -3.84. The molecule has 1 aliphatic carbocycles. The summed E-state index contributed by atoms with van der Waals surface area (Å²) < 4.78 is 0. The summed E-state index contributed by atoms with van der Waals surface area (Å²) in [6, 6.07) is 26.9. The summed E-state index contributed by atoms with van der Waals surface area (Å²) in [5.41, 5.74) is 6.68. The number of carboxylic acid groups (broad SMARTS) is 1. The molecule has 0 bridgehead atoms. The van der Waals surface area contributed by atoms with Crippen LogP contribution in [-0.2, 0) is 10.2 Å². The second kappa shape index (κ2) is 7.64. The van der Waals surface area contributed by atoms with Crippen LogP contribution in [0, 0.1) is 11.3 Å². The number of nitrogens with zero attached hydrogens (tertiary/aromatic N) is 2. The van der Waals surface area contributed by atoms with Gasteiger partial charge in [0, 0.05) is 16.8 Å². The molecule has 1 saturated carbocycles. The van der Waals surface area contributed by atoms with Crippen molar-refractivity contribution < 1.29 is 9.90 Å². The van der Waals surface area contributed by atoms with Gasteiger partial charge >= 0.3 is 5.97 Å². The van der Waals surface area contributed by atoms with Crippen molar-refractivity contribution in [2.45, 2.75) is 44.1 Å². The molecule has 3 aromatic rings. The Bertz CT molecular complexity index is 1300. The summed E-state index contributed by atoms with van der Waals surface area (Å²) in [5, 5.41) is 18.1. The van der Waals surface area contributed by atoms with E-state index in [9.17, 15) is 4.79 Å². The lowest BCUT2D eigenvalue weighted by molar-refractivity contribution is -0.132. The lowest BCUT2D eigenvalue weighted by atomic mass is 9.72. The van der Waals surface area contributed by atoms with Crippen LogP contribution in [0.4, 0.5) is 11.4 Å². The number of carbonyl (C=O) groups is 1. The maximum atomic E-state index is 11.1. The van der Waals surface area contributed by atoms with Gasteiger partial charge in [0.25, 0.3) is 0 Å². The van der Waals surface area contributed by atoms with Crippen LogP contribution in [0.5, 0.6) is 0 Å². The van der Waals surface area contributed by atoms with Gasteiger partial charge in [0.15, 0.2) is 0 Å². The maximum absolute atomic E-state index is 11.1. The highest BCUT2D eigenvalue weighted by molar-refractivity contribution is 5.96. The molecular formula is C29H26N2O2. The van der Waals surface area contributed by atoms with Gasteiger partial charge in [-0.05, 0) is 72.4 Å². The molecule has 1 aliphatic heterocycles. The quantitative estimate of drug-likeness (QED) is 0.367. The van der Waals surface area contributed by atoms with Crippen LogP contribution in [0.2, 0.25) is 0 Å². The number of benzene rings is 3. The van der Waals surface area contributed by atoms with Crippen LogP contribution in [0.1, 0.15) is 44.2 Å². The van der Waals surface area contributed by atoms with E-state index in [1.54, 1.807) is 6.07 Å². The molecule has 1 heterocycles. The molecule has 4 heteroatoms. The Morgan fingerprint density at radius 3 is 2.36 bits per heavy atom. The van der Waals surface area contributed by atoms with Gasteiger partial charge in [-0.2, -0.15) is 5.26 Å². The van der Waals surface area contributed by atoms with Gasteiger partial charge in [-0.15, -0.1) is 0 Å². The van der Waals surface area contributed by atoms with E-state index in [1.807, 2.05) is 24.3 Å². The van der Waals surface area contributed by atoms with Crippen LogP contribution in [-0.4, -0.2) is 16.6 Å². The van der Waals surface area contributed by atoms with Gasteiger partial charge in [0.1, 0.15) is 11.6 Å². The average Bonchev–Trinajstić information content (AvgIpc) is 3.23. The SMILES string of the molecule is CC12CCCC1(C)N(c1ccccc1)c1ccc(-c3ccc(/C=C(\C#N)C(=O)O)cc3)cc12. The Labute approximate surface area is 194 Å². The summed E-state index contributed by atoms with van der Waals surface area (Å²) in [6.45, 7) is 4.82. The predicted molar refractivity (Wildman–Crippen MR) is 131 cm³/mol. The number of fused-ring (bicyclic) bond motifs is 3. The van der Waals surface area contributed by atoms with Crippen molar-refractivity contribution in [3.63, 3.8) is 0 Å². The Morgan fingerprint density at radius 2 is 1.70 bits per heavy atom. The molecule has 1 N–H and O–H groups in total. The molecule has 0 amide bonds. The first-order valence-corrected chi connectivity index (χ1v) is 11.3. The van der Waals surface area contributed by atoms with Crippen LogP contribution in [0.25, 0.3) is 17.2 Å². The fourth-order valence-corrected chi connectivity index (χ4v) is 5.81. The van der Waals surface area contributed by atoms with Gasteiger partial charge in [-0.25, -0.2) is 4.79 Å². The molecular weight excluding hydrogens is 408 g/mol. The van der Waals surface area contributed by atoms with E-state index in [0.29, 0.717) is 5.56 Å². The predicted octanol–water partition coefficient (Wildman–Crippen LogP) is 6.70. The summed E-state index contributed by atoms with van der Waals surface area (Å²) in [5.74, 6) is -1.21. The first kappa shape index (κ1) is 21.0. The molecule has 0 spiro atoms. The molecule has 164 valence electrons. The largest absolute Gasteiger partial charge is 0.477 e. The summed E-state index contributed by atoms with van der Waals surface area (Å²) >= 11 is 0. The highest BCUT2D eigenvalue weighted by atomic mass is 16.4. The van der Waals surface area contributed by atoms with Crippen LogP contribution >= 0.6 is 0 Å². The Morgan fingerprint density at radius 1 is 1.00 bits per heavy atom. The molecule has 0 aromatic heterocycles. The van der Waals surface area contributed by atoms with E-state index in [2.05, 4.69) is 67.3 Å². The number of aliphatic carboxylic acids is 1. The van der Waals surface area contributed by atoms with Crippen LogP contribution < -0.4 is 4.90 Å². The lowest BCUT2D eigenvalue weighted by Crippen LogP contribution is -2.48. The number of nitriles is 1. The van der Waals surface area contributed by atoms with Gasteiger partial charge in [0.2, 0.25) is 0 Å². The molecule has 2 unspecified atom stereocenters. The van der Waals surface area contributed by atoms with Crippen LogP contribution in [0.3, 0.4) is 0 Å². The van der Waals surface area contributed by atoms with E-state index in [1.165, 1.54) is 35.9 Å². The molecule has 0 radical (unpaired) electrons. The lowest BCUT2D eigenvalue weighted by Gasteiger charge is -2.42. The third kappa shape index (κ3) is 3.15. The fraction of sp³-hybridized carbons (Fsp3) is 0.241. The monoisotopic (exact) mass is 434 g/mol. The van der Waals surface area contributed by atoms with Crippen molar-refractivity contribution in [2.24, 2.45) is 0 Å². The first-order valence-electron chi connectivity index (χ1n) is 11.3. The van der Waals surface area contributed by atoms with Gasteiger partial charge in [-0.3, -0.25) is 0 Å². The topological polar surface area (TPSA) is 64.3 Å². The summed E-state index contributed by atoms with van der Waals surface area (Å²) in [6.07, 6.45) is 4.94. The molecule has 2 atom stereocenters. The van der Waals surface area contributed by atoms with Gasteiger partial charge < -0.3 is 10.0 Å². The maximum Gasteiger partial charge on any atom is 0.346 e. The Kier molecular flexibility index (Phi) is 4.87. The van der Waals surface area contributed by atoms with E-state index in [-0.39, 0.29) is 16.5 Å². The molecule has 2 aliphatic rings. The van der Waals surface area contributed by atoms with Crippen molar-refractivity contribution in [3.05, 3.63) is 89.5 Å². The van der Waals surface area contributed by atoms with Crippen LogP contribution in [0.15, 0.2) is 78.4 Å². The highest BCUT2D eigenvalue weighted by Crippen LogP contribution is 2.62. The Balaban J connectivity index is 1.57. The van der Waals surface area contributed by atoms with E-state index >= 15 is 0 Å². The number of carboxylic acids is 1. The molecule has 0 saturated heterocycles. The third-order valence-electron chi connectivity index (χ3n) is 7.77. The zero-order chi connectivity index (χ0) is 23.2. The molecule has 33 heavy (non-hydrogen) atoms. The standard InChI is InChI=1S/C29H26N2O2/c1-28-15-6-16-29(28,2)31(24-7-4-3-5-8-24)26-14-13-22(18-25(26)28)21-11-9-20(10-12-21)17-23(19-30)27(32)33/h3-5,7-14,17-18H,6,15-16H2,1-2H3,(H,32,33)/b23-17+. The van der Waals surface area contributed by atoms with Crippen molar-refractivity contribution in [3.8, 4) is 17.2 Å². The first-order chi connectivity index (χ1) is 15.9. The molecule has 4 nitrogen and oxygen atoms in total. The summed E-state index contributed by atoms with van der Waals surface area (Å²) in [4.78, 5) is 13.7. The second-order valence-corrected chi connectivity index (χ2v) is 9.46. The normalized spacial score (nSPS) is 23.7. The fourth-order valence-electron chi connectivity index (χ4n) is 5.81. The van der Waals surface area contributed by atoms with Gasteiger partial charge in [-0.1, -0.05) is 61.9 Å². The number of anilines is 2. The molecule has 3 aromatic carbocycles. The van der Waals surface area contributed by atoms with E-state index < -0.39 is 5.97 Å². The minimum Gasteiger partial charge on any atom is -0.477 e. The number of hydrogen-bond acceptors (Lipinski definition) is 3. The number of para-hydroxylation sites is 1. The minimum atomic E-state index is -1.21. The van der Waals surface area contributed by atoms with Crippen molar-refractivity contribution in [1.82, 2.24) is 0 Å². The molecule has 1 fully saturated rings. The number of rotatable bonds is 4. The third-order valence-corrected chi connectivity index (χ3v) is 7.77. The average molecular weight is 435 g/mol.